The van der Waals surface area contributed by atoms with Crippen LogP contribution in [0.2, 0.25) is 0 Å². The molecule has 1 heterocycles. The Hall–Kier alpha value is -2.89. The van der Waals surface area contributed by atoms with Crippen molar-refractivity contribution in [2.24, 2.45) is 0 Å². The molecule has 29 heavy (non-hydrogen) atoms. The Morgan fingerprint density at radius 1 is 1.07 bits per heavy atom. The monoisotopic (exact) mass is 413 g/mol. The number of nitriles is 1. The van der Waals surface area contributed by atoms with Crippen molar-refractivity contribution in [1.82, 2.24) is 4.31 Å². The summed E-state index contributed by atoms with van der Waals surface area (Å²) in [5.41, 5.74) is 0.746. The number of sulfonamides is 1. The number of hydrogen-bond acceptors (Lipinski definition) is 5. The van der Waals surface area contributed by atoms with Crippen LogP contribution >= 0.6 is 0 Å². The van der Waals surface area contributed by atoms with Crippen molar-refractivity contribution in [2.75, 3.05) is 25.0 Å². The van der Waals surface area contributed by atoms with E-state index in [1.165, 1.54) is 16.4 Å². The zero-order valence-corrected chi connectivity index (χ0v) is 16.8. The van der Waals surface area contributed by atoms with Gasteiger partial charge in [-0.15, -0.1) is 0 Å². The summed E-state index contributed by atoms with van der Waals surface area (Å²) in [7, 11) is -3.63. The van der Waals surface area contributed by atoms with Gasteiger partial charge < -0.3 is 10.1 Å². The molecule has 0 spiro atoms. The van der Waals surface area contributed by atoms with Crippen LogP contribution in [0.3, 0.4) is 0 Å². The van der Waals surface area contributed by atoms with Crippen LogP contribution in [0.5, 0.6) is 5.75 Å². The van der Waals surface area contributed by atoms with E-state index in [1.54, 1.807) is 36.4 Å². The Morgan fingerprint density at radius 3 is 2.52 bits per heavy atom. The average molecular weight is 413 g/mol. The first-order valence-corrected chi connectivity index (χ1v) is 11.0. The topological polar surface area (TPSA) is 99.5 Å². The van der Waals surface area contributed by atoms with E-state index in [0.717, 1.165) is 25.7 Å². The Kier molecular flexibility index (Phi) is 6.86. The maximum atomic E-state index is 13.0. The van der Waals surface area contributed by atoms with Crippen molar-refractivity contribution < 1.29 is 17.9 Å². The minimum atomic E-state index is -3.63. The molecule has 0 radical (unpaired) electrons. The fourth-order valence-corrected chi connectivity index (χ4v) is 4.77. The number of amides is 1. The van der Waals surface area contributed by atoms with Gasteiger partial charge >= 0.3 is 0 Å². The third-order valence-electron chi connectivity index (χ3n) is 4.69. The second-order valence-corrected chi connectivity index (χ2v) is 8.71. The van der Waals surface area contributed by atoms with Crippen molar-refractivity contribution in [1.29, 1.82) is 5.26 Å². The van der Waals surface area contributed by atoms with E-state index in [-0.39, 0.29) is 17.1 Å². The standard InChI is InChI=1S/C21H23N3O4S/c22-11-14-28-19-9-6-8-18(16-19)23-21(25)17-7-5-10-20(15-17)29(26,27)24-12-3-1-2-4-13-24/h5-10,15-16H,1-4,12-14H2,(H,23,25). The first kappa shape index (κ1) is 20.8. The highest BCUT2D eigenvalue weighted by Crippen LogP contribution is 2.22. The largest absolute Gasteiger partial charge is 0.479 e. The predicted octanol–water partition coefficient (Wildman–Crippen LogP) is 3.41. The first-order chi connectivity index (χ1) is 14.0. The Morgan fingerprint density at radius 2 is 1.79 bits per heavy atom. The summed E-state index contributed by atoms with van der Waals surface area (Å²) in [6, 6.07) is 14.6. The van der Waals surface area contributed by atoms with Gasteiger partial charge in [0, 0.05) is 30.4 Å². The van der Waals surface area contributed by atoms with E-state index in [2.05, 4.69) is 5.32 Å². The SMILES string of the molecule is N#CCOc1cccc(NC(=O)c2cccc(S(=O)(=O)N3CCCCCC3)c2)c1. The average Bonchev–Trinajstić information content (AvgIpc) is 3.03. The van der Waals surface area contributed by atoms with Crippen molar-refractivity contribution in [3.8, 4) is 11.8 Å². The number of anilines is 1. The van der Waals surface area contributed by atoms with Crippen LogP contribution in [-0.2, 0) is 10.0 Å². The van der Waals surface area contributed by atoms with Crippen LogP contribution in [0, 0.1) is 11.3 Å². The summed E-state index contributed by atoms with van der Waals surface area (Å²) in [4.78, 5) is 12.8. The van der Waals surface area contributed by atoms with E-state index in [9.17, 15) is 13.2 Å². The van der Waals surface area contributed by atoms with Gasteiger partial charge in [0.25, 0.3) is 5.91 Å². The lowest BCUT2D eigenvalue weighted by molar-refractivity contribution is 0.102. The lowest BCUT2D eigenvalue weighted by Gasteiger charge is -2.20. The summed E-state index contributed by atoms with van der Waals surface area (Å²) in [6.07, 6.45) is 3.77. The molecular formula is C21H23N3O4S. The lowest BCUT2D eigenvalue weighted by atomic mass is 10.2. The van der Waals surface area contributed by atoms with Gasteiger partial charge in [-0.2, -0.15) is 9.57 Å². The van der Waals surface area contributed by atoms with Gasteiger partial charge in [0.05, 0.1) is 4.90 Å². The normalized spacial score (nSPS) is 15.1. The molecule has 0 unspecified atom stereocenters. The quantitative estimate of drug-likeness (QED) is 0.782. The smallest absolute Gasteiger partial charge is 0.255 e. The van der Waals surface area contributed by atoms with Crippen LogP contribution in [0.15, 0.2) is 53.4 Å². The Bertz CT molecular complexity index is 1010. The molecule has 2 aromatic rings. The molecule has 1 fully saturated rings. The maximum Gasteiger partial charge on any atom is 0.255 e. The van der Waals surface area contributed by atoms with Gasteiger partial charge in [0.1, 0.15) is 11.8 Å². The molecular weight excluding hydrogens is 390 g/mol. The summed E-state index contributed by atoms with van der Waals surface area (Å²) in [6.45, 7) is 0.927. The minimum absolute atomic E-state index is 0.0895. The third kappa shape index (κ3) is 5.34. The lowest BCUT2D eigenvalue weighted by Crippen LogP contribution is -2.32. The molecule has 7 nitrogen and oxygen atoms in total. The van der Waals surface area contributed by atoms with E-state index in [4.69, 9.17) is 10.00 Å². The fourth-order valence-electron chi connectivity index (χ4n) is 3.21. The molecule has 0 bridgehead atoms. The molecule has 8 heteroatoms. The highest BCUT2D eigenvalue weighted by Gasteiger charge is 2.25. The van der Waals surface area contributed by atoms with Crippen molar-refractivity contribution in [3.63, 3.8) is 0 Å². The molecule has 152 valence electrons. The van der Waals surface area contributed by atoms with Gasteiger partial charge in [-0.25, -0.2) is 8.42 Å². The molecule has 1 aliphatic heterocycles. The Balaban J connectivity index is 1.77. The van der Waals surface area contributed by atoms with Gasteiger partial charge in [-0.1, -0.05) is 25.0 Å². The number of rotatable bonds is 6. The maximum absolute atomic E-state index is 13.0. The van der Waals surface area contributed by atoms with E-state index >= 15 is 0 Å². The molecule has 1 N–H and O–H groups in total. The molecule has 1 aliphatic rings. The van der Waals surface area contributed by atoms with E-state index in [0.29, 0.717) is 24.5 Å². The highest BCUT2D eigenvalue weighted by atomic mass is 32.2. The number of ether oxygens (including phenoxy) is 1. The first-order valence-electron chi connectivity index (χ1n) is 9.52. The second-order valence-electron chi connectivity index (χ2n) is 6.77. The summed E-state index contributed by atoms with van der Waals surface area (Å²) in [5.74, 6) is 0.0391. The number of nitrogens with zero attached hydrogens (tertiary/aromatic N) is 2. The van der Waals surface area contributed by atoms with Crippen LogP contribution < -0.4 is 10.1 Å². The summed E-state index contributed by atoms with van der Waals surface area (Å²) in [5, 5.41) is 11.3. The second kappa shape index (κ2) is 9.54. The van der Waals surface area contributed by atoms with Gasteiger partial charge in [0.15, 0.2) is 6.61 Å². The van der Waals surface area contributed by atoms with Crippen LogP contribution in [0.1, 0.15) is 36.0 Å². The van der Waals surface area contributed by atoms with Crippen molar-refractivity contribution in [3.05, 3.63) is 54.1 Å². The third-order valence-corrected chi connectivity index (χ3v) is 6.59. The van der Waals surface area contributed by atoms with E-state index in [1.807, 2.05) is 6.07 Å². The fraction of sp³-hybridized carbons (Fsp3) is 0.333. The molecule has 2 aromatic carbocycles. The predicted molar refractivity (Wildman–Crippen MR) is 109 cm³/mol. The number of benzene rings is 2. The molecule has 0 aliphatic carbocycles. The number of carbonyl (C=O) groups is 1. The van der Waals surface area contributed by atoms with Crippen LogP contribution in [0.25, 0.3) is 0 Å². The highest BCUT2D eigenvalue weighted by molar-refractivity contribution is 7.89. The van der Waals surface area contributed by atoms with Crippen LogP contribution in [-0.4, -0.2) is 38.3 Å². The van der Waals surface area contributed by atoms with Crippen molar-refractivity contribution >= 4 is 21.6 Å². The summed E-state index contributed by atoms with van der Waals surface area (Å²) < 4.78 is 32.7. The molecule has 3 rings (SSSR count). The Labute approximate surface area is 171 Å². The van der Waals surface area contributed by atoms with Crippen molar-refractivity contribution in [2.45, 2.75) is 30.6 Å². The summed E-state index contributed by atoms with van der Waals surface area (Å²) >= 11 is 0. The molecule has 1 saturated heterocycles. The number of nitrogens with one attached hydrogen (secondary N) is 1. The molecule has 0 atom stereocenters. The minimum Gasteiger partial charge on any atom is -0.479 e. The van der Waals surface area contributed by atoms with Gasteiger partial charge in [-0.05, 0) is 43.2 Å². The number of carbonyl (C=O) groups excluding carboxylic acids is 1. The molecule has 0 aromatic heterocycles. The van der Waals surface area contributed by atoms with E-state index < -0.39 is 15.9 Å². The zero-order chi connectivity index (χ0) is 20.7. The van der Waals surface area contributed by atoms with Gasteiger partial charge in [0.2, 0.25) is 10.0 Å². The van der Waals surface area contributed by atoms with Crippen LogP contribution in [0.4, 0.5) is 5.69 Å². The number of hydrogen-bond donors (Lipinski definition) is 1. The zero-order valence-electron chi connectivity index (χ0n) is 16.0. The molecule has 0 saturated carbocycles. The van der Waals surface area contributed by atoms with Gasteiger partial charge in [-0.3, -0.25) is 4.79 Å². The molecule has 1 amide bonds.